The minimum absolute atomic E-state index is 1.20. The predicted octanol–water partition coefficient (Wildman–Crippen LogP) is 1.06. The number of benzene rings is 1. The number of nitrogens with one attached hydrogen (secondary N) is 1. The van der Waals surface area contributed by atoms with Crippen molar-refractivity contribution < 1.29 is 0 Å². The van der Waals surface area contributed by atoms with Gasteiger partial charge < -0.3 is 0 Å². The zero-order valence-corrected chi connectivity index (χ0v) is 7.54. The van der Waals surface area contributed by atoms with Gasteiger partial charge in [0.15, 0.2) is 0 Å². The van der Waals surface area contributed by atoms with Crippen molar-refractivity contribution in [1.82, 2.24) is 5.43 Å². The summed E-state index contributed by atoms with van der Waals surface area (Å²) in [7, 11) is 4.93. The van der Waals surface area contributed by atoms with Gasteiger partial charge in [0, 0.05) is 0 Å². The summed E-state index contributed by atoms with van der Waals surface area (Å²) < 4.78 is 0. The van der Waals surface area contributed by atoms with Gasteiger partial charge in [0.25, 0.3) is 0 Å². The molecule has 3 N–H and O–H groups in total. The summed E-state index contributed by atoms with van der Waals surface area (Å²) in [6.45, 7) is 0. The molecule has 0 saturated carbocycles. The van der Waals surface area contributed by atoms with E-state index in [1.807, 2.05) is 36.1 Å². The minimum atomic E-state index is 1.20. The van der Waals surface area contributed by atoms with E-state index in [-0.39, 0.29) is 0 Å². The molecule has 1 rings (SSSR count). The van der Waals surface area contributed by atoms with Crippen molar-refractivity contribution in [2.75, 3.05) is 7.05 Å². The number of nitrogens with two attached hydrogens (primary N) is 1. The molecule has 0 aromatic heterocycles. The van der Waals surface area contributed by atoms with E-state index in [4.69, 9.17) is 0 Å². The zero-order chi connectivity index (χ0) is 8.53. The van der Waals surface area contributed by atoms with Crippen molar-refractivity contribution in [3.05, 3.63) is 35.9 Å². The lowest BCUT2D eigenvalue weighted by Gasteiger charge is -1.84. The molecule has 2 nitrogen and oxygen atoms in total. The average Bonchev–Trinajstić information content (AvgIpc) is 2.08. The normalized spacial score (nSPS) is 7.82. The number of hydrazine groups is 1. The van der Waals surface area contributed by atoms with Gasteiger partial charge in [0.2, 0.25) is 0 Å². The quantitative estimate of drug-likeness (QED) is 0.374. The van der Waals surface area contributed by atoms with Gasteiger partial charge in [0.1, 0.15) is 0 Å². The number of hydrogen-bond acceptors (Lipinski definition) is 2. The Kier molecular flexibility index (Phi) is 6.95. The number of rotatable bonds is 1. The molecular weight excluding hydrogens is 155 g/mol. The maximum atomic E-state index is 4.60. The van der Waals surface area contributed by atoms with E-state index in [0.717, 1.165) is 0 Å². The Hall–Kier alpha value is -0.690. The Labute approximate surface area is 69.6 Å². The van der Waals surface area contributed by atoms with E-state index in [1.54, 1.807) is 7.05 Å². The minimum Gasteiger partial charge on any atom is -0.272 e. The highest BCUT2D eigenvalue weighted by molar-refractivity contribution is 7.19. The molecule has 0 radical (unpaired) electrons. The average molecular weight is 168 g/mol. The fraction of sp³-hybridized carbons (Fsp3) is 0.125. The summed E-state index contributed by atoms with van der Waals surface area (Å²) in [6, 6.07) is 10.1. The summed E-state index contributed by atoms with van der Waals surface area (Å²) in [5.74, 6) is 6.49. The van der Waals surface area contributed by atoms with Crippen LogP contribution in [0.5, 0.6) is 0 Å². The molecule has 60 valence electrons. The smallest absolute Gasteiger partial charge is 0.00172 e. The highest BCUT2D eigenvalue weighted by Gasteiger charge is 1.76. The third-order valence-electron chi connectivity index (χ3n) is 0.966. The molecule has 0 fully saturated rings. The molecule has 0 spiro atoms. The summed E-state index contributed by atoms with van der Waals surface area (Å²) in [6.07, 6.45) is 0. The summed E-state index contributed by atoms with van der Waals surface area (Å²) in [5, 5.41) is 0. The van der Waals surface area contributed by atoms with Crippen LogP contribution in [-0.2, 0) is 0 Å². The van der Waals surface area contributed by atoms with Crippen LogP contribution in [0.25, 0.3) is 0 Å². The molecule has 0 bridgehead atoms. The van der Waals surface area contributed by atoms with Crippen LogP contribution in [0.2, 0.25) is 0 Å². The predicted molar refractivity (Wildman–Crippen MR) is 53.2 cm³/mol. The van der Waals surface area contributed by atoms with E-state index in [9.17, 15) is 0 Å². The molecule has 0 aliphatic carbocycles. The second-order valence-electron chi connectivity index (χ2n) is 1.84. The molecule has 0 unspecified atom stereocenters. The van der Waals surface area contributed by atoms with Crippen molar-refractivity contribution >= 4 is 14.7 Å². The van der Waals surface area contributed by atoms with Crippen molar-refractivity contribution in [3.8, 4) is 0 Å². The van der Waals surface area contributed by atoms with Gasteiger partial charge in [-0.25, -0.2) is 0 Å². The second-order valence-corrected chi connectivity index (χ2v) is 2.13. The molecule has 0 heterocycles. The Morgan fingerprint density at radius 3 is 2.09 bits per heavy atom. The van der Waals surface area contributed by atoms with Crippen molar-refractivity contribution in [3.63, 3.8) is 0 Å². The lowest BCUT2D eigenvalue weighted by atomic mass is 10.2. The summed E-state index contributed by atoms with van der Waals surface area (Å²) in [4.78, 5) is 0. The highest BCUT2D eigenvalue weighted by atomic mass is 31.0. The van der Waals surface area contributed by atoms with Gasteiger partial charge in [-0.3, -0.25) is 11.3 Å². The molecule has 0 aliphatic rings. The maximum absolute atomic E-state index is 4.60. The first-order valence-corrected chi connectivity index (χ1v) is 3.85. The molecule has 0 aliphatic heterocycles. The van der Waals surface area contributed by atoms with Crippen LogP contribution in [0.15, 0.2) is 30.3 Å². The van der Waals surface area contributed by atoms with E-state index < -0.39 is 0 Å². The SMILES string of the molecule is CNN.P=Cc1ccccc1. The van der Waals surface area contributed by atoms with E-state index >= 15 is 0 Å². The van der Waals surface area contributed by atoms with Gasteiger partial charge in [0.05, 0.1) is 0 Å². The van der Waals surface area contributed by atoms with Crippen LogP contribution < -0.4 is 11.3 Å². The van der Waals surface area contributed by atoms with Crippen LogP contribution >= 0.6 is 8.86 Å². The molecule has 0 amide bonds. The Balaban J connectivity index is 0.000000292. The van der Waals surface area contributed by atoms with Gasteiger partial charge >= 0.3 is 0 Å². The molecular formula is C8H13N2P. The fourth-order valence-corrected chi connectivity index (χ4v) is 0.742. The topological polar surface area (TPSA) is 38.0 Å². The first-order chi connectivity index (χ1) is 5.35. The highest BCUT2D eigenvalue weighted by Crippen LogP contribution is 1.93. The first kappa shape index (κ1) is 10.3. The molecule has 1 aromatic rings. The van der Waals surface area contributed by atoms with Gasteiger partial charge in [-0.05, 0) is 18.4 Å². The summed E-state index contributed by atoms with van der Waals surface area (Å²) in [5.41, 5.74) is 3.45. The van der Waals surface area contributed by atoms with E-state index in [1.165, 1.54) is 5.56 Å². The van der Waals surface area contributed by atoms with Crippen LogP contribution in [0, 0.1) is 0 Å². The zero-order valence-electron chi connectivity index (χ0n) is 6.54. The van der Waals surface area contributed by atoms with E-state index in [0.29, 0.717) is 0 Å². The lowest BCUT2D eigenvalue weighted by molar-refractivity contribution is 0.900. The number of hydrogen-bond donors (Lipinski definition) is 2. The second kappa shape index (κ2) is 7.42. The van der Waals surface area contributed by atoms with Crippen LogP contribution in [0.4, 0.5) is 0 Å². The maximum Gasteiger partial charge on any atom is -0.00172 e. The Morgan fingerprint density at radius 2 is 1.82 bits per heavy atom. The van der Waals surface area contributed by atoms with Crippen molar-refractivity contribution in [2.24, 2.45) is 5.84 Å². The van der Waals surface area contributed by atoms with E-state index in [2.05, 4.69) is 20.1 Å². The van der Waals surface area contributed by atoms with Crippen molar-refractivity contribution in [2.45, 2.75) is 0 Å². The Bertz CT molecular complexity index is 187. The molecule has 1 aromatic carbocycles. The standard InChI is InChI=1S/C7H7P.CH6N2/c8-6-7-4-2-1-3-5-7;1-3-2/h1-6,8H;3H,2H2,1H3. The molecule has 3 heteroatoms. The van der Waals surface area contributed by atoms with Crippen LogP contribution in [0.3, 0.4) is 0 Å². The first-order valence-electron chi connectivity index (χ1n) is 3.28. The summed E-state index contributed by atoms with van der Waals surface area (Å²) >= 11 is 0. The van der Waals surface area contributed by atoms with Crippen molar-refractivity contribution in [1.29, 1.82) is 0 Å². The van der Waals surface area contributed by atoms with Crippen LogP contribution in [0.1, 0.15) is 5.56 Å². The largest absolute Gasteiger partial charge is 0.272 e. The van der Waals surface area contributed by atoms with Gasteiger partial charge in [-0.1, -0.05) is 30.3 Å². The molecule has 0 saturated heterocycles. The van der Waals surface area contributed by atoms with Gasteiger partial charge in [-0.15, -0.1) is 8.86 Å². The fourth-order valence-electron chi connectivity index (χ4n) is 0.549. The third kappa shape index (κ3) is 5.74. The van der Waals surface area contributed by atoms with Crippen LogP contribution in [-0.4, -0.2) is 12.8 Å². The Morgan fingerprint density at radius 1 is 1.36 bits per heavy atom. The third-order valence-corrected chi connectivity index (χ3v) is 1.30. The van der Waals surface area contributed by atoms with Gasteiger partial charge in [-0.2, -0.15) is 0 Å². The monoisotopic (exact) mass is 168 g/mol. The lowest BCUT2D eigenvalue weighted by Crippen LogP contribution is -2.13. The molecule has 0 atom stereocenters. The molecule has 11 heavy (non-hydrogen) atoms.